The molecule has 1 rings (SSSR count). The van der Waals surface area contributed by atoms with Crippen LogP contribution in [0.25, 0.3) is 6.08 Å². The molecule has 70 valence electrons. The Morgan fingerprint density at radius 3 is 2.38 bits per heavy atom. The number of hydrogen-bond donors (Lipinski definition) is 2. The summed E-state index contributed by atoms with van der Waals surface area (Å²) in [6.07, 6.45) is 2.67. The fraction of sp³-hybridized carbons (Fsp3) is 0.273. The molecule has 0 fully saturated rings. The van der Waals surface area contributed by atoms with Gasteiger partial charge in [-0.1, -0.05) is 36.9 Å². The van der Waals surface area contributed by atoms with Gasteiger partial charge in [-0.05, 0) is 17.5 Å². The third-order valence-corrected chi connectivity index (χ3v) is 2.02. The second-order valence-corrected chi connectivity index (χ2v) is 3.15. The van der Waals surface area contributed by atoms with Crippen molar-refractivity contribution in [2.75, 3.05) is 6.54 Å². The molecule has 0 amide bonds. The Hall–Kier alpha value is -1.12. The molecule has 0 spiro atoms. The van der Waals surface area contributed by atoms with Gasteiger partial charge < -0.3 is 11.5 Å². The van der Waals surface area contributed by atoms with Gasteiger partial charge in [-0.3, -0.25) is 0 Å². The van der Waals surface area contributed by atoms with Gasteiger partial charge in [0.2, 0.25) is 0 Å². The van der Waals surface area contributed by atoms with E-state index in [1.54, 1.807) is 0 Å². The summed E-state index contributed by atoms with van der Waals surface area (Å²) < 4.78 is 0. The number of hydrogen-bond acceptors (Lipinski definition) is 2. The van der Waals surface area contributed by atoms with E-state index in [4.69, 9.17) is 11.5 Å². The van der Waals surface area contributed by atoms with Crippen LogP contribution < -0.4 is 11.5 Å². The zero-order chi connectivity index (χ0) is 9.68. The molecule has 1 unspecified atom stereocenters. The molecule has 2 heteroatoms. The Bertz CT molecular complexity index is 264. The molecule has 2 nitrogen and oxygen atoms in total. The van der Waals surface area contributed by atoms with E-state index in [9.17, 15) is 0 Å². The SMILES string of the molecule is C=Cc1ccc(CC(N)CN)cc1. The van der Waals surface area contributed by atoms with Gasteiger partial charge in [-0.25, -0.2) is 0 Å². The first-order chi connectivity index (χ1) is 6.26. The van der Waals surface area contributed by atoms with Crippen molar-refractivity contribution in [3.63, 3.8) is 0 Å². The summed E-state index contributed by atoms with van der Waals surface area (Å²) in [7, 11) is 0. The third kappa shape index (κ3) is 3.01. The highest BCUT2D eigenvalue weighted by atomic mass is 14.7. The molecule has 4 N–H and O–H groups in total. The van der Waals surface area contributed by atoms with Gasteiger partial charge >= 0.3 is 0 Å². The average Bonchev–Trinajstić information content (AvgIpc) is 2.19. The van der Waals surface area contributed by atoms with Crippen LogP contribution in [0.2, 0.25) is 0 Å². The highest BCUT2D eigenvalue weighted by molar-refractivity contribution is 5.47. The van der Waals surface area contributed by atoms with Gasteiger partial charge in [0, 0.05) is 12.6 Å². The molecule has 0 aliphatic carbocycles. The lowest BCUT2D eigenvalue weighted by molar-refractivity contribution is 0.678. The van der Waals surface area contributed by atoms with Crippen molar-refractivity contribution in [2.24, 2.45) is 11.5 Å². The van der Waals surface area contributed by atoms with Crippen LogP contribution >= 0.6 is 0 Å². The maximum atomic E-state index is 5.73. The van der Waals surface area contributed by atoms with Crippen molar-refractivity contribution >= 4 is 6.08 Å². The van der Waals surface area contributed by atoms with Crippen LogP contribution in [-0.4, -0.2) is 12.6 Å². The summed E-state index contributed by atoms with van der Waals surface area (Å²) in [6.45, 7) is 4.22. The van der Waals surface area contributed by atoms with Crippen molar-refractivity contribution in [3.05, 3.63) is 42.0 Å². The molecule has 0 saturated carbocycles. The lowest BCUT2D eigenvalue weighted by atomic mass is 10.0. The van der Waals surface area contributed by atoms with Crippen LogP contribution in [0.5, 0.6) is 0 Å². The maximum absolute atomic E-state index is 5.73. The lowest BCUT2D eigenvalue weighted by Gasteiger charge is -2.08. The smallest absolute Gasteiger partial charge is 0.0203 e. The third-order valence-electron chi connectivity index (χ3n) is 2.02. The minimum Gasteiger partial charge on any atom is -0.329 e. The van der Waals surface area contributed by atoms with Crippen LogP contribution in [0, 0.1) is 0 Å². The van der Waals surface area contributed by atoms with Crippen LogP contribution in [-0.2, 0) is 6.42 Å². The van der Waals surface area contributed by atoms with Crippen LogP contribution in [0.4, 0.5) is 0 Å². The minimum atomic E-state index is 0.0644. The van der Waals surface area contributed by atoms with Crippen LogP contribution in [0.15, 0.2) is 30.8 Å². The van der Waals surface area contributed by atoms with E-state index in [-0.39, 0.29) is 6.04 Å². The fourth-order valence-electron chi connectivity index (χ4n) is 1.18. The Morgan fingerprint density at radius 1 is 1.31 bits per heavy atom. The highest BCUT2D eigenvalue weighted by Gasteiger charge is 2.00. The summed E-state index contributed by atoms with van der Waals surface area (Å²) >= 11 is 0. The predicted molar refractivity (Wildman–Crippen MR) is 57.3 cm³/mol. The van der Waals surface area contributed by atoms with Crippen molar-refractivity contribution < 1.29 is 0 Å². The molecule has 1 aromatic carbocycles. The summed E-state index contributed by atoms with van der Waals surface area (Å²) in [4.78, 5) is 0. The number of rotatable bonds is 4. The molecule has 1 atom stereocenters. The zero-order valence-electron chi connectivity index (χ0n) is 7.74. The van der Waals surface area contributed by atoms with Gasteiger partial charge in [0.05, 0.1) is 0 Å². The van der Waals surface area contributed by atoms with E-state index in [0.717, 1.165) is 12.0 Å². The van der Waals surface area contributed by atoms with E-state index in [0.29, 0.717) is 6.54 Å². The Balaban J connectivity index is 2.63. The van der Waals surface area contributed by atoms with Crippen molar-refractivity contribution in [3.8, 4) is 0 Å². The highest BCUT2D eigenvalue weighted by Crippen LogP contribution is 2.06. The number of nitrogens with two attached hydrogens (primary N) is 2. The molecular weight excluding hydrogens is 160 g/mol. The second kappa shape index (κ2) is 4.80. The summed E-state index contributed by atoms with van der Waals surface area (Å²) in [5.41, 5.74) is 13.5. The lowest BCUT2D eigenvalue weighted by Crippen LogP contribution is -2.31. The quantitative estimate of drug-likeness (QED) is 0.723. The van der Waals surface area contributed by atoms with E-state index in [1.807, 2.05) is 18.2 Å². The Kier molecular flexibility index (Phi) is 3.68. The molecule has 0 aliphatic heterocycles. The van der Waals surface area contributed by atoms with Gasteiger partial charge in [-0.2, -0.15) is 0 Å². The van der Waals surface area contributed by atoms with Gasteiger partial charge in [0.25, 0.3) is 0 Å². The zero-order valence-corrected chi connectivity index (χ0v) is 7.74. The molecule has 0 aromatic heterocycles. The number of benzene rings is 1. The largest absolute Gasteiger partial charge is 0.329 e. The first-order valence-electron chi connectivity index (χ1n) is 4.43. The molecule has 0 radical (unpaired) electrons. The Morgan fingerprint density at radius 2 is 1.92 bits per heavy atom. The summed E-state index contributed by atoms with van der Waals surface area (Å²) in [5.74, 6) is 0. The Labute approximate surface area is 79.2 Å². The first kappa shape index (κ1) is 9.96. The molecule has 0 saturated heterocycles. The molecule has 0 bridgehead atoms. The molecule has 0 heterocycles. The van der Waals surface area contributed by atoms with Crippen molar-refractivity contribution in [1.82, 2.24) is 0 Å². The topological polar surface area (TPSA) is 52.0 Å². The van der Waals surface area contributed by atoms with E-state index in [1.165, 1.54) is 5.56 Å². The molecule has 0 aliphatic rings. The van der Waals surface area contributed by atoms with Gasteiger partial charge in [-0.15, -0.1) is 0 Å². The molecule has 13 heavy (non-hydrogen) atoms. The van der Waals surface area contributed by atoms with Crippen LogP contribution in [0.3, 0.4) is 0 Å². The van der Waals surface area contributed by atoms with Crippen molar-refractivity contribution in [2.45, 2.75) is 12.5 Å². The van der Waals surface area contributed by atoms with Gasteiger partial charge in [0.1, 0.15) is 0 Å². The predicted octanol–water partition coefficient (Wildman–Crippen LogP) is 1.16. The standard InChI is InChI=1S/C11H16N2/c1-2-9-3-5-10(6-4-9)7-11(13)8-12/h2-6,11H,1,7-8,12-13H2. The summed E-state index contributed by atoms with van der Waals surface area (Å²) in [5, 5.41) is 0. The van der Waals surface area contributed by atoms with E-state index >= 15 is 0 Å². The first-order valence-corrected chi connectivity index (χ1v) is 4.43. The van der Waals surface area contributed by atoms with E-state index in [2.05, 4.69) is 18.7 Å². The fourth-order valence-corrected chi connectivity index (χ4v) is 1.18. The van der Waals surface area contributed by atoms with Gasteiger partial charge in [0.15, 0.2) is 0 Å². The molecular formula is C11H16N2. The maximum Gasteiger partial charge on any atom is 0.0203 e. The molecule has 1 aromatic rings. The average molecular weight is 176 g/mol. The monoisotopic (exact) mass is 176 g/mol. The summed E-state index contributed by atoms with van der Waals surface area (Å²) in [6, 6.07) is 8.26. The second-order valence-electron chi connectivity index (χ2n) is 3.15. The van der Waals surface area contributed by atoms with Crippen molar-refractivity contribution in [1.29, 1.82) is 0 Å². The minimum absolute atomic E-state index is 0.0644. The van der Waals surface area contributed by atoms with Crippen LogP contribution in [0.1, 0.15) is 11.1 Å². The van der Waals surface area contributed by atoms with E-state index < -0.39 is 0 Å². The normalized spacial score (nSPS) is 12.5.